The maximum atomic E-state index is 8.88. The van der Waals surface area contributed by atoms with Crippen LogP contribution >= 0.6 is 11.8 Å². The Bertz CT molecular complexity index is 63.9. The number of hydrogen-bond donors (Lipinski definition) is 1. The summed E-state index contributed by atoms with van der Waals surface area (Å²) in [5, 5.41) is 9.57. The first kappa shape index (κ1) is 9.31. The van der Waals surface area contributed by atoms with Crippen molar-refractivity contribution in [2.75, 3.05) is 5.75 Å². The molecule has 0 saturated carbocycles. The van der Waals surface area contributed by atoms with Crippen molar-refractivity contribution in [3.63, 3.8) is 0 Å². The van der Waals surface area contributed by atoms with Crippen LogP contribution in [0.1, 0.15) is 27.2 Å². The van der Waals surface area contributed by atoms with Gasteiger partial charge in [0.05, 0.1) is 6.10 Å². The van der Waals surface area contributed by atoms with Crippen LogP contribution in [0.5, 0.6) is 0 Å². The predicted molar refractivity (Wildman–Crippen MR) is 43.9 cm³/mol. The summed E-state index contributed by atoms with van der Waals surface area (Å²) < 4.78 is 0. The summed E-state index contributed by atoms with van der Waals surface area (Å²) in [5.74, 6) is 0.870. The molecule has 0 aliphatic heterocycles. The number of hydrogen-bond acceptors (Lipinski definition) is 2. The molecule has 0 amide bonds. The van der Waals surface area contributed by atoms with Crippen LogP contribution in [0.2, 0.25) is 0 Å². The van der Waals surface area contributed by atoms with Gasteiger partial charge in [-0.15, -0.1) is 0 Å². The van der Waals surface area contributed by atoms with Crippen molar-refractivity contribution in [3.8, 4) is 0 Å². The van der Waals surface area contributed by atoms with Gasteiger partial charge in [0.15, 0.2) is 0 Å². The molecule has 2 heteroatoms. The molecule has 0 bridgehead atoms. The average Bonchev–Trinajstić information content (AvgIpc) is 1.83. The standard InChI is InChI=1S/C7H16OS/c1-4-7(3)9-5-6(2)8/h6-8H,4-5H2,1-3H3/t6-,7?/m0/s1. The summed E-state index contributed by atoms with van der Waals surface area (Å²) in [6, 6.07) is 0. The summed E-state index contributed by atoms with van der Waals surface area (Å²) in [6.45, 7) is 6.18. The molecular weight excluding hydrogens is 132 g/mol. The van der Waals surface area contributed by atoms with Gasteiger partial charge < -0.3 is 5.11 Å². The predicted octanol–water partition coefficient (Wildman–Crippen LogP) is 1.90. The molecule has 1 N–H and O–H groups in total. The molecule has 1 nitrogen and oxygen atoms in total. The Kier molecular flexibility index (Phi) is 5.30. The third-order valence-corrected chi connectivity index (χ3v) is 2.77. The molecule has 0 aromatic heterocycles. The Morgan fingerprint density at radius 1 is 1.44 bits per heavy atom. The first-order valence-corrected chi connectivity index (χ1v) is 4.51. The lowest BCUT2D eigenvalue weighted by atomic mass is 10.4. The highest BCUT2D eigenvalue weighted by molar-refractivity contribution is 7.99. The third-order valence-electron chi connectivity index (χ3n) is 1.20. The van der Waals surface area contributed by atoms with Crippen molar-refractivity contribution < 1.29 is 5.11 Å². The van der Waals surface area contributed by atoms with E-state index >= 15 is 0 Å². The highest BCUT2D eigenvalue weighted by Gasteiger charge is 2.00. The van der Waals surface area contributed by atoms with Crippen LogP contribution in [0.15, 0.2) is 0 Å². The van der Waals surface area contributed by atoms with Crippen molar-refractivity contribution in [1.82, 2.24) is 0 Å². The van der Waals surface area contributed by atoms with Crippen LogP contribution in [0.3, 0.4) is 0 Å². The van der Waals surface area contributed by atoms with Gasteiger partial charge in [-0.05, 0) is 13.3 Å². The minimum absolute atomic E-state index is 0.149. The van der Waals surface area contributed by atoms with E-state index in [2.05, 4.69) is 13.8 Å². The minimum atomic E-state index is -0.149. The van der Waals surface area contributed by atoms with E-state index in [0.29, 0.717) is 5.25 Å². The van der Waals surface area contributed by atoms with Gasteiger partial charge in [-0.25, -0.2) is 0 Å². The quantitative estimate of drug-likeness (QED) is 0.657. The van der Waals surface area contributed by atoms with Gasteiger partial charge in [0.2, 0.25) is 0 Å². The smallest absolute Gasteiger partial charge is 0.0602 e. The molecule has 0 radical (unpaired) electrons. The van der Waals surface area contributed by atoms with Crippen molar-refractivity contribution >= 4 is 11.8 Å². The van der Waals surface area contributed by atoms with E-state index in [1.165, 1.54) is 6.42 Å². The van der Waals surface area contributed by atoms with Crippen LogP contribution in [0, 0.1) is 0 Å². The second-order valence-electron chi connectivity index (χ2n) is 2.40. The molecule has 9 heavy (non-hydrogen) atoms. The third kappa shape index (κ3) is 6.19. The van der Waals surface area contributed by atoms with E-state index in [1.54, 1.807) is 0 Å². The van der Waals surface area contributed by atoms with Gasteiger partial charge in [0.1, 0.15) is 0 Å². The van der Waals surface area contributed by atoms with E-state index in [9.17, 15) is 0 Å². The van der Waals surface area contributed by atoms with E-state index in [4.69, 9.17) is 5.11 Å². The zero-order valence-electron chi connectivity index (χ0n) is 6.42. The van der Waals surface area contributed by atoms with Crippen molar-refractivity contribution in [1.29, 1.82) is 0 Å². The second-order valence-corrected chi connectivity index (χ2v) is 3.87. The zero-order valence-corrected chi connectivity index (χ0v) is 7.24. The lowest BCUT2D eigenvalue weighted by molar-refractivity contribution is 0.220. The normalized spacial score (nSPS) is 17.3. The fourth-order valence-electron chi connectivity index (χ4n) is 0.421. The van der Waals surface area contributed by atoms with Crippen molar-refractivity contribution in [2.24, 2.45) is 0 Å². The fourth-order valence-corrected chi connectivity index (χ4v) is 1.26. The van der Waals surface area contributed by atoms with Gasteiger partial charge in [0.25, 0.3) is 0 Å². The molecule has 0 aliphatic carbocycles. The van der Waals surface area contributed by atoms with Crippen LogP contribution in [0.25, 0.3) is 0 Å². The number of aliphatic hydroxyl groups excluding tert-OH is 1. The Balaban J connectivity index is 3.06. The zero-order chi connectivity index (χ0) is 7.28. The molecule has 0 spiro atoms. The molecule has 0 saturated heterocycles. The largest absolute Gasteiger partial charge is 0.393 e. The highest BCUT2D eigenvalue weighted by Crippen LogP contribution is 2.13. The molecule has 0 aromatic carbocycles. The molecule has 2 atom stereocenters. The maximum absolute atomic E-state index is 8.88. The van der Waals surface area contributed by atoms with Crippen LogP contribution in [-0.2, 0) is 0 Å². The van der Waals surface area contributed by atoms with E-state index in [0.717, 1.165) is 5.75 Å². The van der Waals surface area contributed by atoms with Gasteiger partial charge >= 0.3 is 0 Å². The second kappa shape index (κ2) is 5.12. The minimum Gasteiger partial charge on any atom is -0.393 e. The monoisotopic (exact) mass is 148 g/mol. The molecule has 0 rings (SSSR count). The van der Waals surface area contributed by atoms with Gasteiger partial charge in [-0.3, -0.25) is 0 Å². The lowest BCUT2D eigenvalue weighted by Gasteiger charge is -2.08. The van der Waals surface area contributed by atoms with E-state index in [1.807, 2.05) is 18.7 Å². The molecule has 0 fully saturated rings. The van der Waals surface area contributed by atoms with Gasteiger partial charge in [-0.2, -0.15) is 11.8 Å². The highest BCUT2D eigenvalue weighted by atomic mass is 32.2. The summed E-state index contributed by atoms with van der Waals surface area (Å²) in [6.07, 6.45) is 1.04. The van der Waals surface area contributed by atoms with Gasteiger partial charge in [0, 0.05) is 11.0 Å². The lowest BCUT2D eigenvalue weighted by Crippen LogP contribution is -2.06. The molecular formula is C7H16OS. The number of rotatable bonds is 4. The first-order valence-electron chi connectivity index (χ1n) is 3.46. The molecule has 0 aliphatic rings. The van der Waals surface area contributed by atoms with E-state index in [-0.39, 0.29) is 6.10 Å². The summed E-state index contributed by atoms with van der Waals surface area (Å²) in [4.78, 5) is 0. The topological polar surface area (TPSA) is 20.2 Å². The van der Waals surface area contributed by atoms with Crippen LogP contribution < -0.4 is 0 Å². The van der Waals surface area contributed by atoms with Crippen molar-refractivity contribution in [3.05, 3.63) is 0 Å². The van der Waals surface area contributed by atoms with Crippen LogP contribution in [0.4, 0.5) is 0 Å². The Morgan fingerprint density at radius 2 is 2.00 bits per heavy atom. The Morgan fingerprint density at radius 3 is 2.33 bits per heavy atom. The van der Waals surface area contributed by atoms with Crippen molar-refractivity contribution in [2.45, 2.75) is 38.5 Å². The fraction of sp³-hybridized carbons (Fsp3) is 1.00. The Hall–Kier alpha value is 0.310. The molecule has 1 unspecified atom stereocenters. The number of aliphatic hydroxyl groups is 1. The van der Waals surface area contributed by atoms with Gasteiger partial charge in [-0.1, -0.05) is 13.8 Å². The molecule has 56 valence electrons. The summed E-state index contributed by atoms with van der Waals surface area (Å²) in [5.41, 5.74) is 0. The summed E-state index contributed by atoms with van der Waals surface area (Å²) in [7, 11) is 0. The number of thioether (sulfide) groups is 1. The average molecular weight is 148 g/mol. The maximum Gasteiger partial charge on any atom is 0.0602 e. The van der Waals surface area contributed by atoms with E-state index < -0.39 is 0 Å². The summed E-state index contributed by atoms with van der Waals surface area (Å²) >= 11 is 1.83. The molecule has 0 aromatic rings. The first-order chi connectivity index (χ1) is 4.16. The molecule has 0 heterocycles. The van der Waals surface area contributed by atoms with Crippen LogP contribution in [-0.4, -0.2) is 22.2 Å². The SMILES string of the molecule is CCC(C)SC[C@H](C)O. The Labute approximate surface area is 61.8 Å².